The lowest BCUT2D eigenvalue weighted by atomic mass is 10.1. The van der Waals surface area contributed by atoms with Gasteiger partial charge in [0.15, 0.2) is 9.84 Å². The Kier molecular flexibility index (Phi) is 5.21. The number of carbonyl (C=O) groups is 1. The Morgan fingerprint density at radius 3 is 2.48 bits per heavy atom. The third-order valence-corrected chi connectivity index (χ3v) is 7.25. The van der Waals surface area contributed by atoms with Gasteiger partial charge in [0.1, 0.15) is 5.82 Å². The lowest BCUT2D eigenvalue weighted by Gasteiger charge is -2.26. The fourth-order valence-corrected chi connectivity index (χ4v) is 5.11. The van der Waals surface area contributed by atoms with Gasteiger partial charge in [-0.1, -0.05) is 18.2 Å². The van der Waals surface area contributed by atoms with Crippen molar-refractivity contribution in [3.8, 4) is 0 Å². The molecule has 2 atom stereocenters. The molecule has 0 bridgehead atoms. The number of fused-ring (bicyclic) bond motifs is 1. The molecule has 2 heterocycles. The van der Waals surface area contributed by atoms with Crippen molar-refractivity contribution < 1.29 is 17.6 Å². The van der Waals surface area contributed by atoms with E-state index in [1.807, 2.05) is 24.0 Å². The van der Waals surface area contributed by atoms with Crippen molar-refractivity contribution in [2.45, 2.75) is 49.8 Å². The van der Waals surface area contributed by atoms with Crippen LogP contribution in [0.1, 0.15) is 29.5 Å². The Morgan fingerprint density at radius 2 is 1.79 bits per heavy atom. The van der Waals surface area contributed by atoms with Gasteiger partial charge >= 0.3 is 0 Å². The molecule has 2 fully saturated rings. The number of aryl methyl sites for hydroxylation is 1. The highest BCUT2D eigenvalue weighted by Gasteiger charge is 2.46. The van der Waals surface area contributed by atoms with Crippen molar-refractivity contribution in [1.82, 2.24) is 9.80 Å². The monoisotopic (exact) mass is 416 g/mol. The molecule has 0 saturated carbocycles. The quantitative estimate of drug-likeness (QED) is 0.752. The van der Waals surface area contributed by atoms with Crippen LogP contribution in [0.5, 0.6) is 0 Å². The number of benzene rings is 2. The minimum atomic E-state index is -3.20. The van der Waals surface area contributed by atoms with E-state index < -0.39 is 9.84 Å². The molecule has 154 valence electrons. The van der Waals surface area contributed by atoms with E-state index in [0.717, 1.165) is 29.7 Å². The molecule has 0 radical (unpaired) electrons. The van der Waals surface area contributed by atoms with Crippen molar-refractivity contribution in [1.29, 1.82) is 0 Å². The van der Waals surface area contributed by atoms with Gasteiger partial charge in [-0.05, 0) is 54.3 Å². The topological polar surface area (TPSA) is 57.7 Å². The Labute approximate surface area is 171 Å². The number of amides is 1. The van der Waals surface area contributed by atoms with E-state index in [1.54, 1.807) is 18.2 Å². The van der Waals surface area contributed by atoms with Crippen LogP contribution >= 0.6 is 0 Å². The number of hydrogen-bond acceptors (Lipinski definition) is 4. The van der Waals surface area contributed by atoms with Gasteiger partial charge in [0.25, 0.3) is 0 Å². The van der Waals surface area contributed by atoms with Crippen molar-refractivity contribution >= 4 is 15.7 Å². The molecule has 2 aliphatic heterocycles. The standard InChI is InChI=1S/C22H25FN2O3S/c1-15-3-6-18(23)11-17(15)14-25-20-9-10-24(21(20)12-22(25)26)13-16-4-7-19(8-5-16)29(2,27)28/h3-8,11,20-21H,9-10,12-14H2,1-2H3. The van der Waals surface area contributed by atoms with Gasteiger partial charge in [0, 0.05) is 44.4 Å². The molecular formula is C22H25FN2O3S. The van der Waals surface area contributed by atoms with Crippen LogP contribution in [0.2, 0.25) is 0 Å². The molecule has 29 heavy (non-hydrogen) atoms. The summed E-state index contributed by atoms with van der Waals surface area (Å²) in [4.78, 5) is 17.2. The minimum Gasteiger partial charge on any atom is -0.334 e. The number of nitrogens with zero attached hydrogens (tertiary/aromatic N) is 2. The molecule has 2 aromatic carbocycles. The molecule has 7 heteroatoms. The first kappa shape index (κ1) is 20.0. The second-order valence-electron chi connectivity index (χ2n) is 8.11. The number of carbonyl (C=O) groups excluding carboxylic acids is 1. The summed E-state index contributed by atoms with van der Waals surface area (Å²) in [7, 11) is -3.20. The van der Waals surface area contributed by atoms with Crippen LogP contribution in [0.25, 0.3) is 0 Å². The highest BCUT2D eigenvalue weighted by Crippen LogP contribution is 2.35. The predicted molar refractivity (Wildman–Crippen MR) is 108 cm³/mol. The van der Waals surface area contributed by atoms with E-state index in [-0.39, 0.29) is 23.8 Å². The van der Waals surface area contributed by atoms with Crippen LogP contribution in [0.4, 0.5) is 4.39 Å². The third kappa shape index (κ3) is 4.07. The summed E-state index contributed by atoms with van der Waals surface area (Å²) in [6, 6.07) is 12.0. The van der Waals surface area contributed by atoms with E-state index in [4.69, 9.17) is 0 Å². The first-order valence-electron chi connectivity index (χ1n) is 9.80. The lowest BCUT2D eigenvalue weighted by Crippen LogP contribution is -2.36. The van der Waals surface area contributed by atoms with Crippen molar-refractivity contribution in [2.75, 3.05) is 12.8 Å². The third-order valence-electron chi connectivity index (χ3n) is 6.12. The second kappa shape index (κ2) is 7.54. The summed E-state index contributed by atoms with van der Waals surface area (Å²) in [6.45, 7) is 3.95. The molecule has 0 N–H and O–H groups in total. The fourth-order valence-electron chi connectivity index (χ4n) is 4.48. The van der Waals surface area contributed by atoms with Crippen LogP contribution < -0.4 is 0 Å². The Hall–Kier alpha value is -2.25. The van der Waals surface area contributed by atoms with E-state index in [2.05, 4.69) is 4.90 Å². The first-order valence-corrected chi connectivity index (χ1v) is 11.7. The fraction of sp³-hybridized carbons (Fsp3) is 0.409. The summed E-state index contributed by atoms with van der Waals surface area (Å²) in [5, 5.41) is 0. The van der Waals surface area contributed by atoms with E-state index >= 15 is 0 Å². The highest BCUT2D eigenvalue weighted by molar-refractivity contribution is 7.90. The Balaban J connectivity index is 1.46. The molecule has 5 nitrogen and oxygen atoms in total. The molecule has 2 aliphatic rings. The van der Waals surface area contributed by atoms with Gasteiger partial charge in [-0.3, -0.25) is 9.69 Å². The van der Waals surface area contributed by atoms with Gasteiger partial charge in [0.2, 0.25) is 5.91 Å². The van der Waals surface area contributed by atoms with Crippen LogP contribution in [0.15, 0.2) is 47.4 Å². The molecule has 0 aromatic heterocycles. The maximum absolute atomic E-state index is 13.6. The summed E-state index contributed by atoms with van der Waals surface area (Å²) in [6.07, 6.45) is 2.57. The van der Waals surface area contributed by atoms with Crippen LogP contribution in [-0.2, 0) is 27.7 Å². The predicted octanol–water partition coefficient (Wildman–Crippen LogP) is 2.91. The van der Waals surface area contributed by atoms with E-state index in [9.17, 15) is 17.6 Å². The first-order chi connectivity index (χ1) is 13.7. The normalized spacial score (nSPS) is 22.3. The molecule has 2 saturated heterocycles. The Bertz CT molecular complexity index is 1040. The maximum Gasteiger partial charge on any atom is 0.224 e. The van der Waals surface area contributed by atoms with Crippen LogP contribution in [-0.4, -0.2) is 49.0 Å². The van der Waals surface area contributed by atoms with Crippen LogP contribution in [0.3, 0.4) is 0 Å². The van der Waals surface area contributed by atoms with Gasteiger partial charge in [0.05, 0.1) is 4.90 Å². The van der Waals surface area contributed by atoms with E-state index in [0.29, 0.717) is 24.4 Å². The molecule has 2 aromatic rings. The van der Waals surface area contributed by atoms with Gasteiger partial charge in [-0.15, -0.1) is 0 Å². The summed E-state index contributed by atoms with van der Waals surface area (Å²) in [5.41, 5.74) is 2.88. The molecular weight excluding hydrogens is 391 g/mol. The maximum atomic E-state index is 13.6. The zero-order valence-corrected chi connectivity index (χ0v) is 17.5. The van der Waals surface area contributed by atoms with Crippen molar-refractivity contribution in [3.05, 3.63) is 65.0 Å². The molecule has 1 amide bonds. The Morgan fingerprint density at radius 1 is 1.07 bits per heavy atom. The highest BCUT2D eigenvalue weighted by atomic mass is 32.2. The summed E-state index contributed by atoms with van der Waals surface area (Å²) >= 11 is 0. The van der Waals surface area contributed by atoms with Gasteiger partial charge < -0.3 is 4.90 Å². The van der Waals surface area contributed by atoms with Crippen LogP contribution in [0, 0.1) is 12.7 Å². The number of likely N-dealkylation sites (tertiary alicyclic amines) is 2. The van der Waals surface area contributed by atoms with Gasteiger partial charge in [-0.2, -0.15) is 0 Å². The average Bonchev–Trinajstić information content (AvgIpc) is 3.18. The minimum absolute atomic E-state index is 0.112. The summed E-state index contributed by atoms with van der Waals surface area (Å²) < 4.78 is 36.9. The SMILES string of the molecule is Cc1ccc(F)cc1CN1C(=O)CC2C1CCN2Cc1ccc(S(C)(=O)=O)cc1. The smallest absolute Gasteiger partial charge is 0.224 e. The summed E-state index contributed by atoms with van der Waals surface area (Å²) in [5.74, 6) is -0.167. The number of sulfone groups is 1. The molecule has 2 unspecified atom stereocenters. The average molecular weight is 417 g/mol. The molecule has 0 spiro atoms. The lowest BCUT2D eigenvalue weighted by molar-refractivity contribution is -0.129. The van der Waals surface area contributed by atoms with E-state index in [1.165, 1.54) is 18.4 Å². The van der Waals surface area contributed by atoms with Crippen molar-refractivity contribution in [2.24, 2.45) is 0 Å². The molecule has 0 aliphatic carbocycles. The molecule has 4 rings (SSSR count). The largest absolute Gasteiger partial charge is 0.334 e. The zero-order chi connectivity index (χ0) is 20.8. The van der Waals surface area contributed by atoms with Gasteiger partial charge in [-0.25, -0.2) is 12.8 Å². The number of rotatable bonds is 5. The second-order valence-corrected chi connectivity index (χ2v) is 10.1. The zero-order valence-electron chi connectivity index (χ0n) is 16.6. The number of hydrogen-bond donors (Lipinski definition) is 0. The number of halogens is 1. The van der Waals surface area contributed by atoms with Crippen molar-refractivity contribution in [3.63, 3.8) is 0 Å².